The Bertz CT molecular complexity index is 934. The van der Waals surface area contributed by atoms with E-state index in [0.717, 1.165) is 38.6 Å². The number of amides is 1. The van der Waals surface area contributed by atoms with E-state index >= 15 is 0 Å². The van der Waals surface area contributed by atoms with Crippen molar-refractivity contribution in [2.75, 3.05) is 13.6 Å². The standard InChI is InChI=1S/C24H33N3O2/c1-14(2)27-13-15-11-21-18(17-6-4-8-20(27)23(15)17)10-16(12-26(21)3)24(29)25-19-7-5-9-22(19)28/h4,6,8,13-14,16,18-19,21-22,28H,5,7,9-12H2,1-3H3,(H,25,29)/t16?,18?,19?,21-,22?/m1/s1. The Morgan fingerprint density at radius 1 is 1.28 bits per heavy atom. The Morgan fingerprint density at radius 2 is 2.10 bits per heavy atom. The van der Waals surface area contributed by atoms with Crippen molar-refractivity contribution in [2.24, 2.45) is 5.92 Å². The van der Waals surface area contributed by atoms with Gasteiger partial charge in [0.05, 0.1) is 18.1 Å². The topological polar surface area (TPSA) is 57.5 Å². The highest BCUT2D eigenvalue weighted by atomic mass is 16.3. The Labute approximate surface area is 173 Å². The third kappa shape index (κ3) is 3.10. The van der Waals surface area contributed by atoms with Crippen LogP contribution in [0.2, 0.25) is 0 Å². The summed E-state index contributed by atoms with van der Waals surface area (Å²) in [4.78, 5) is 15.4. The minimum atomic E-state index is -0.380. The maximum atomic E-state index is 13.0. The number of hydrogen-bond acceptors (Lipinski definition) is 3. The number of nitrogens with one attached hydrogen (secondary N) is 1. The van der Waals surface area contributed by atoms with Crippen molar-refractivity contribution in [1.82, 2.24) is 14.8 Å². The fraction of sp³-hybridized carbons (Fsp3) is 0.625. The van der Waals surface area contributed by atoms with Gasteiger partial charge in [-0.05, 0) is 70.2 Å². The van der Waals surface area contributed by atoms with Crippen LogP contribution in [0.1, 0.15) is 62.6 Å². The van der Waals surface area contributed by atoms with Gasteiger partial charge in [0.1, 0.15) is 0 Å². The summed E-state index contributed by atoms with van der Waals surface area (Å²) in [5, 5.41) is 14.7. The number of piperidine rings is 1. The summed E-state index contributed by atoms with van der Waals surface area (Å²) in [5.74, 6) is 0.495. The first-order valence-electron chi connectivity index (χ1n) is 11.2. The largest absolute Gasteiger partial charge is 0.391 e. The second-order valence-electron chi connectivity index (χ2n) is 9.76. The molecule has 1 saturated carbocycles. The third-order valence-electron chi connectivity index (χ3n) is 7.61. The fourth-order valence-electron chi connectivity index (χ4n) is 6.10. The lowest BCUT2D eigenvalue weighted by atomic mass is 9.72. The van der Waals surface area contributed by atoms with Gasteiger partial charge in [-0.2, -0.15) is 0 Å². The van der Waals surface area contributed by atoms with Gasteiger partial charge in [0.25, 0.3) is 0 Å². The van der Waals surface area contributed by atoms with Crippen LogP contribution in [-0.4, -0.2) is 52.3 Å². The zero-order valence-corrected chi connectivity index (χ0v) is 17.8. The molecular formula is C24H33N3O2. The van der Waals surface area contributed by atoms with E-state index in [1.54, 1.807) is 0 Å². The van der Waals surface area contributed by atoms with E-state index in [0.29, 0.717) is 18.0 Å². The molecule has 29 heavy (non-hydrogen) atoms. The van der Waals surface area contributed by atoms with Gasteiger partial charge >= 0.3 is 0 Å². The molecule has 0 bridgehead atoms. The predicted molar refractivity (Wildman–Crippen MR) is 115 cm³/mol. The normalized spacial score (nSPS) is 32.0. The van der Waals surface area contributed by atoms with Crippen LogP contribution in [0.15, 0.2) is 24.4 Å². The summed E-state index contributed by atoms with van der Waals surface area (Å²) in [7, 11) is 2.17. The molecule has 2 heterocycles. The number of hydrogen-bond donors (Lipinski definition) is 2. The van der Waals surface area contributed by atoms with Gasteiger partial charge in [0.2, 0.25) is 5.91 Å². The molecule has 5 atom stereocenters. The van der Waals surface area contributed by atoms with Crippen molar-refractivity contribution in [1.29, 1.82) is 0 Å². The molecule has 3 aliphatic rings. The third-order valence-corrected chi connectivity index (χ3v) is 7.61. The Kier molecular flexibility index (Phi) is 4.71. The first kappa shape index (κ1) is 19.1. The number of likely N-dealkylation sites (N-methyl/N-ethyl adjacent to an activating group) is 1. The maximum absolute atomic E-state index is 13.0. The molecule has 5 heteroatoms. The second kappa shape index (κ2) is 7.13. The van der Waals surface area contributed by atoms with Crippen LogP contribution in [0.5, 0.6) is 0 Å². The van der Waals surface area contributed by atoms with Crippen molar-refractivity contribution >= 4 is 16.8 Å². The number of aromatic nitrogens is 1. The van der Waals surface area contributed by atoms with Crippen molar-refractivity contribution in [3.8, 4) is 0 Å². The van der Waals surface area contributed by atoms with E-state index in [2.05, 4.69) is 60.1 Å². The molecular weight excluding hydrogens is 362 g/mol. The highest BCUT2D eigenvalue weighted by Crippen LogP contribution is 2.45. The Balaban J connectivity index is 1.45. The fourth-order valence-corrected chi connectivity index (χ4v) is 6.10. The van der Waals surface area contributed by atoms with Crippen LogP contribution in [0, 0.1) is 5.92 Å². The van der Waals surface area contributed by atoms with E-state index < -0.39 is 0 Å². The van der Waals surface area contributed by atoms with Crippen LogP contribution in [-0.2, 0) is 11.2 Å². The first-order valence-corrected chi connectivity index (χ1v) is 11.2. The van der Waals surface area contributed by atoms with E-state index in [-0.39, 0.29) is 24.0 Å². The lowest BCUT2D eigenvalue weighted by molar-refractivity contribution is -0.128. The van der Waals surface area contributed by atoms with Gasteiger partial charge in [-0.1, -0.05) is 12.1 Å². The smallest absolute Gasteiger partial charge is 0.224 e. The quantitative estimate of drug-likeness (QED) is 0.839. The first-order chi connectivity index (χ1) is 13.9. The Morgan fingerprint density at radius 3 is 2.83 bits per heavy atom. The average molecular weight is 396 g/mol. The van der Waals surface area contributed by atoms with Gasteiger partial charge in [-0.3, -0.25) is 4.79 Å². The molecule has 1 aromatic carbocycles. The molecule has 2 fully saturated rings. The number of likely N-dealkylation sites (tertiary alicyclic amines) is 1. The van der Waals surface area contributed by atoms with Gasteiger partial charge in [-0.15, -0.1) is 0 Å². The summed E-state index contributed by atoms with van der Waals surface area (Å²) in [6, 6.07) is 7.53. The summed E-state index contributed by atoms with van der Waals surface area (Å²) >= 11 is 0. The molecule has 1 aliphatic heterocycles. The van der Waals surface area contributed by atoms with Crippen molar-refractivity contribution in [3.63, 3.8) is 0 Å². The highest BCUT2D eigenvalue weighted by molar-refractivity contribution is 5.89. The highest BCUT2D eigenvalue weighted by Gasteiger charge is 2.42. The summed E-state index contributed by atoms with van der Waals surface area (Å²) in [6.07, 6.45) is 6.63. The minimum absolute atomic E-state index is 0.0157. The molecule has 5 nitrogen and oxygen atoms in total. The Hall–Kier alpha value is -1.85. The van der Waals surface area contributed by atoms with Crippen molar-refractivity contribution < 1.29 is 9.90 Å². The zero-order valence-electron chi connectivity index (χ0n) is 17.8. The predicted octanol–water partition coefficient (Wildman–Crippen LogP) is 3.21. The van der Waals surface area contributed by atoms with E-state index in [9.17, 15) is 9.90 Å². The number of rotatable bonds is 3. The van der Waals surface area contributed by atoms with Crippen molar-refractivity contribution in [2.45, 2.75) is 76.1 Å². The lowest BCUT2D eigenvalue weighted by Crippen LogP contribution is -2.53. The molecule has 0 spiro atoms. The van der Waals surface area contributed by atoms with Crippen LogP contribution < -0.4 is 5.32 Å². The van der Waals surface area contributed by atoms with E-state index in [1.807, 2.05) is 0 Å². The minimum Gasteiger partial charge on any atom is -0.391 e. The van der Waals surface area contributed by atoms with Gasteiger partial charge < -0.3 is 19.9 Å². The number of aliphatic hydroxyl groups is 1. The SMILES string of the molecule is CC(C)n1cc2c3c(cccc31)C1CC(C(=O)NC3CCCC3O)CN(C)[C@@H]1C2. The summed E-state index contributed by atoms with van der Waals surface area (Å²) in [5.41, 5.74) is 4.20. The molecule has 2 aromatic rings. The molecule has 2 N–H and O–H groups in total. The molecule has 0 radical (unpaired) electrons. The average Bonchev–Trinajstić information content (AvgIpc) is 3.27. The van der Waals surface area contributed by atoms with Crippen LogP contribution in [0.4, 0.5) is 0 Å². The van der Waals surface area contributed by atoms with Crippen LogP contribution in [0.3, 0.4) is 0 Å². The molecule has 1 amide bonds. The zero-order chi connectivity index (χ0) is 20.3. The number of aliphatic hydroxyl groups excluding tert-OH is 1. The number of fused-ring (bicyclic) bond motifs is 2. The number of nitrogens with zero attached hydrogens (tertiary/aromatic N) is 2. The summed E-state index contributed by atoms with van der Waals surface area (Å²) < 4.78 is 2.40. The number of benzene rings is 1. The number of carbonyl (C=O) groups is 1. The van der Waals surface area contributed by atoms with Crippen LogP contribution >= 0.6 is 0 Å². The van der Waals surface area contributed by atoms with Crippen LogP contribution in [0.25, 0.3) is 10.9 Å². The van der Waals surface area contributed by atoms with Crippen molar-refractivity contribution in [3.05, 3.63) is 35.5 Å². The van der Waals surface area contributed by atoms with Gasteiger partial charge in [-0.25, -0.2) is 0 Å². The summed E-state index contributed by atoms with van der Waals surface area (Å²) in [6.45, 7) is 5.28. The van der Waals surface area contributed by atoms with E-state index in [1.165, 1.54) is 22.0 Å². The van der Waals surface area contributed by atoms with Gasteiger partial charge in [0, 0.05) is 41.6 Å². The molecule has 2 aliphatic carbocycles. The monoisotopic (exact) mass is 395 g/mol. The lowest BCUT2D eigenvalue weighted by Gasteiger charge is -2.45. The molecule has 4 unspecified atom stereocenters. The second-order valence-corrected chi connectivity index (χ2v) is 9.76. The maximum Gasteiger partial charge on any atom is 0.224 e. The molecule has 1 saturated heterocycles. The molecule has 1 aromatic heterocycles. The van der Waals surface area contributed by atoms with Gasteiger partial charge in [0.15, 0.2) is 0 Å². The molecule has 156 valence electrons. The molecule has 5 rings (SSSR count). The van der Waals surface area contributed by atoms with E-state index in [4.69, 9.17) is 0 Å². The number of carbonyl (C=O) groups excluding carboxylic acids is 1.